The average Bonchev–Trinajstić information content (AvgIpc) is 3.26. The van der Waals surface area contributed by atoms with Crippen molar-refractivity contribution in [3.8, 4) is 17.2 Å². The molecule has 3 aromatic rings. The van der Waals surface area contributed by atoms with Gasteiger partial charge in [-0.3, -0.25) is 4.98 Å². The van der Waals surface area contributed by atoms with Crippen molar-refractivity contribution in [2.45, 2.75) is 38.3 Å². The van der Waals surface area contributed by atoms with Gasteiger partial charge in [0.25, 0.3) is 0 Å². The van der Waals surface area contributed by atoms with Crippen molar-refractivity contribution < 1.29 is 14.6 Å². The van der Waals surface area contributed by atoms with Crippen molar-refractivity contribution >= 4 is 11.4 Å². The van der Waals surface area contributed by atoms with Crippen LogP contribution in [0.5, 0.6) is 17.2 Å². The number of phenols is 1. The predicted molar refractivity (Wildman–Crippen MR) is 114 cm³/mol. The first kappa shape index (κ1) is 19.1. The number of hydrogen-bond acceptors (Lipinski definition) is 5. The molecule has 29 heavy (non-hydrogen) atoms. The van der Waals surface area contributed by atoms with E-state index in [0.717, 1.165) is 41.3 Å². The Balaban J connectivity index is 1.71. The van der Waals surface area contributed by atoms with Gasteiger partial charge in [-0.1, -0.05) is 12.1 Å². The number of rotatable bonds is 7. The second kappa shape index (κ2) is 8.86. The zero-order valence-corrected chi connectivity index (χ0v) is 16.6. The number of ether oxygens (including phenoxy) is 2. The summed E-state index contributed by atoms with van der Waals surface area (Å²) >= 11 is 0. The lowest BCUT2D eigenvalue weighted by Crippen LogP contribution is -2.17. The SMILES string of the molecule is COc1ccc(N(Cc2cccnc2)c2cccc(O)c2)cc1OC1CCCC1. The molecule has 0 radical (unpaired) electrons. The van der Waals surface area contributed by atoms with Gasteiger partial charge in [0.05, 0.1) is 13.2 Å². The van der Waals surface area contributed by atoms with E-state index in [1.54, 1.807) is 25.4 Å². The fraction of sp³-hybridized carbons (Fsp3) is 0.292. The molecule has 1 aliphatic carbocycles. The lowest BCUT2D eigenvalue weighted by Gasteiger charge is -2.26. The molecule has 1 fully saturated rings. The summed E-state index contributed by atoms with van der Waals surface area (Å²) in [6.45, 7) is 0.618. The van der Waals surface area contributed by atoms with Gasteiger partial charge in [0.1, 0.15) is 5.75 Å². The summed E-state index contributed by atoms with van der Waals surface area (Å²) in [6.07, 6.45) is 8.45. The summed E-state index contributed by atoms with van der Waals surface area (Å²) in [6, 6.07) is 17.2. The van der Waals surface area contributed by atoms with Crippen molar-refractivity contribution in [1.29, 1.82) is 0 Å². The van der Waals surface area contributed by atoms with Gasteiger partial charge in [0, 0.05) is 42.4 Å². The fourth-order valence-electron chi connectivity index (χ4n) is 3.78. The standard InChI is InChI=1S/C24H26N2O3/c1-28-23-12-11-20(15-24(23)29-22-9-2-3-10-22)26(17-18-6-5-13-25-16-18)19-7-4-8-21(27)14-19/h4-8,11-16,22,27H,2-3,9-10,17H2,1H3. The molecule has 2 aromatic carbocycles. The summed E-state index contributed by atoms with van der Waals surface area (Å²) in [4.78, 5) is 6.37. The van der Waals surface area contributed by atoms with E-state index in [4.69, 9.17) is 9.47 Å². The Morgan fingerprint density at radius 1 is 1.00 bits per heavy atom. The van der Waals surface area contributed by atoms with Crippen molar-refractivity contribution in [2.24, 2.45) is 0 Å². The number of hydrogen-bond donors (Lipinski definition) is 1. The molecule has 0 unspecified atom stereocenters. The second-order valence-electron chi connectivity index (χ2n) is 7.33. The quantitative estimate of drug-likeness (QED) is 0.581. The number of anilines is 2. The van der Waals surface area contributed by atoms with Crippen molar-refractivity contribution in [1.82, 2.24) is 4.98 Å². The molecule has 1 N–H and O–H groups in total. The van der Waals surface area contributed by atoms with E-state index in [2.05, 4.69) is 9.88 Å². The Morgan fingerprint density at radius 2 is 1.83 bits per heavy atom. The van der Waals surface area contributed by atoms with E-state index in [1.807, 2.05) is 48.7 Å². The highest BCUT2D eigenvalue weighted by Gasteiger charge is 2.20. The van der Waals surface area contributed by atoms with Crippen molar-refractivity contribution in [2.75, 3.05) is 12.0 Å². The molecular formula is C24H26N2O3. The van der Waals surface area contributed by atoms with Gasteiger partial charge in [-0.05, 0) is 61.6 Å². The highest BCUT2D eigenvalue weighted by Crippen LogP contribution is 2.38. The number of pyridine rings is 1. The molecule has 4 rings (SSSR count). The monoisotopic (exact) mass is 390 g/mol. The highest BCUT2D eigenvalue weighted by molar-refractivity contribution is 5.67. The predicted octanol–water partition coefficient (Wildman–Crippen LogP) is 5.46. The number of aromatic hydroxyl groups is 1. The Morgan fingerprint density at radius 3 is 2.55 bits per heavy atom. The van der Waals surface area contributed by atoms with E-state index in [1.165, 1.54) is 12.8 Å². The maximum atomic E-state index is 10.0. The van der Waals surface area contributed by atoms with Crippen LogP contribution in [0, 0.1) is 0 Å². The second-order valence-corrected chi connectivity index (χ2v) is 7.33. The minimum Gasteiger partial charge on any atom is -0.508 e. The molecule has 5 nitrogen and oxygen atoms in total. The van der Waals surface area contributed by atoms with Crippen LogP contribution in [0.1, 0.15) is 31.2 Å². The molecule has 1 saturated carbocycles. The highest BCUT2D eigenvalue weighted by atomic mass is 16.5. The molecular weight excluding hydrogens is 364 g/mol. The van der Waals surface area contributed by atoms with Crippen LogP contribution in [0.4, 0.5) is 11.4 Å². The Bertz CT molecular complexity index is 940. The molecule has 0 atom stereocenters. The minimum atomic E-state index is 0.231. The fourth-order valence-corrected chi connectivity index (χ4v) is 3.78. The number of nitrogens with zero attached hydrogens (tertiary/aromatic N) is 2. The van der Waals surface area contributed by atoms with Gasteiger partial charge in [-0.25, -0.2) is 0 Å². The summed E-state index contributed by atoms with van der Waals surface area (Å²) in [5, 5.41) is 10.0. The van der Waals surface area contributed by atoms with Crippen LogP contribution in [-0.4, -0.2) is 23.3 Å². The Hall–Kier alpha value is -3.21. The first-order valence-corrected chi connectivity index (χ1v) is 10.0. The lowest BCUT2D eigenvalue weighted by molar-refractivity contribution is 0.201. The van der Waals surface area contributed by atoms with Gasteiger partial charge in [0.2, 0.25) is 0 Å². The molecule has 1 aliphatic rings. The number of methoxy groups -OCH3 is 1. The molecule has 0 saturated heterocycles. The third kappa shape index (κ3) is 4.62. The first-order valence-electron chi connectivity index (χ1n) is 10.0. The minimum absolute atomic E-state index is 0.231. The van der Waals surface area contributed by atoms with Crippen LogP contribution in [0.3, 0.4) is 0 Å². The molecule has 0 bridgehead atoms. The Kier molecular flexibility index (Phi) is 5.84. The molecule has 0 aliphatic heterocycles. The van der Waals surface area contributed by atoms with E-state index in [9.17, 15) is 5.11 Å². The van der Waals surface area contributed by atoms with Crippen molar-refractivity contribution in [3.63, 3.8) is 0 Å². The van der Waals surface area contributed by atoms with Gasteiger partial charge in [-0.2, -0.15) is 0 Å². The zero-order chi connectivity index (χ0) is 20.1. The normalized spacial score (nSPS) is 14.0. The summed E-state index contributed by atoms with van der Waals surface area (Å²) in [5.41, 5.74) is 2.93. The van der Waals surface area contributed by atoms with E-state index >= 15 is 0 Å². The summed E-state index contributed by atoms with van der Waals surface area (Å²) < 4.78 is 11.8. The molecule has 1 heterocycles. The molecule has 5 heteroatoms. The van der Waals surface area contributed by atoms with Gasteiger partial charge in [0.15, 0.2) is 11.5 Å². The lowest BCUT2D eigenvalue weighted by atomic mass is 10.1. The topological polar surface area (TPSA) is 54.8 Å². The maximum Gasteiger partial charge on any atom is 0.163 e. The number of benzene rings is 2. The molecule has 150 valence electrons. The third-order valence-corrected chi connectivity index (χ3v) is 5.26. The smallest absolute Gasteiger partial charge is 0.163 e. The number of phenolic OH excluding ortho intramolecular Hbond substituents is 1. The molecule has 0 amide bonds. The van der Waals surface area contributed by atoms with E-state index in [-0.39, 0.29) is 11.9 Å². The average molecular weight is 390 g/mol. The van der Waals surface area contributed by atoms with Gasteiger partial charge in [-0.15, -0.1) is 0 Å². The summed E-state index contributed by atoms with van der Waals surface area (Å²) in [7, 11) is 1.67. The Labute approximate surface area is 171 Å². The molecule has 0 spiro atoms. The van der Waals surface area contributed by atoms with Crippen molar-refractivity contribution in [3.05, 3.63) is 72.6 Å². The largest absolute Gasteiger partial charge is 0.508 e. The van der Waals surface area contributed by atoms with Gasteiger partial charge < -0.3 is 19.5 Å². The van der Waals surface area contributed by atoms with E-state index < -0.39 is 0 Å². The van der Waals surface area contributed by atoms with Gasteiger partial charge >= 0.3 is 0 Å². The van der Waals surface area contributed by atoms with Crippen LogP contribution in [0.15, 0.2) is 67.0 Å². The molecule has 1 aromatic heterocycles. The third-order valence-electron chi connectivity index (χ3n) is 5.26. The number of aromatic nitrogens is 1. The van der Waals surface area contributed by atoms with Crippen LogP contribution in [-0.2, 0) is 6.54 Å². The van der Waals surface area contributed by atoms with Crippen LogP contribution in [0.2, 0.25) is 0 Å². The summed E-state index contributed by atoms with van der Waals surface area (Å²) in [5.74, 6) is 1.72. The zero-order valence-electron chi connectivity index (χ0n) is 16.6. The van der Waals surface area contributed by atoms with Crippen LogP contribution >= 0.6 is 0 Å². The van der Waals surface area contributed by atoms with Crippen LogP contribution in [0.25, 0.3) is 0 Å². The first-order chi connectivity index (χ1) is 14.2. The van der Waals surface area contributed by atoms with Crippen LogP contribution < -0.4 is 14.4 Å². The van der Waals surface area contributed by atoms with E-state index in [0.29, 0.717) is 6.54 Å². The maximum absolute atomic E-state index is 10.0.